The van der Waals surface area contributed by atoms with Crippen molar-refractivity contribution in [3.8, 4) is 22.5 Å². The summed E-state index contributed by atoms with van der Waals surface area (Å²) < 4.78 is 13.6. The van der Waals surface area contributed by atoms with Gasteiger partial charge in [-0.1, -0.05) is 54.6 Å². The Labute approximate surface area is 239 Å². The predicted octanol–water partition coefficient (Wildman–Crippen LogP) is 4.87. The lowest BCUT2D eigenvalue weighted by Crippen LogP contribution is -2.30. The lowest BCUT2D eigenvalue weighted by atomic mass is 9.90. The van der Waals surface area contributed by atoms with Crippen molar-refractivity contribution in [2.45, 2.75) is 18.3 Å². The number of aromatic nitrogens is 5. The molecule has 4 aromatic heterocycles. The first kappa shape index (κ1) is 24.4. The molecule has 3 N–H and O–H groups in total. The monoisotopic (exact) mass is 552 g/mol. The SMILES string of the molecule is O=C(Cc1ccccc1)Nc1cncc(C23C=c4c(-c5cc6c(-c7ccc(F)cc7)ccnc6[nH]5)n[nH]c4=C[C@H]2C3)c1. The van der Waals surface area contributed by atoms with Crippen LogP contribution in [0.5, 0.6) is 0 Å². The number of carbonyl (C=O) groups excluding carboxylic acids is 1. The van der Waals surface area contributed by atoms with Gasteiger partial charge in [0.2, 0.25) is 5.91 Å². The minimum absolute atomic E-state index is 0.0731. The zero-order valence-electron chi connectivity index (χ0n) is 22.4. The second-order valence-corrected chi connectivity index (χ2v) is 11.0. The van der Waals surface area contributed by atoms with Gasteiger partial charge in [0, 0.05) is 28.4 Å². The molecule has 0 spiro atoms. The van der Waals surface area contributed by atoms with Crippen LogP contribution in [0.4, 0.5) is 10.1 Å². The van der Waals surface area contributed by atoms with Gasteiger partial charge in [0.15, 0.2) is 0 Å². The number of hydrogen-bond acceptors (Lipinski definition) is 4. The van der Waals surface area contributed by atoms with E-state index >= 15 is 0 Å². The second-order valence-electron chi connectivity index (χ2n) is 11.0. The van der Waals surface area contributed by atoms with Gasteiger partial charge in [-0.15, -0.1) is 0 Å². The number of anilines is 1. The highest BCUT2D eigenvalue weighted by Crippen LogP contribution is 2.57. The Hall–Kier alpha value is -5.37. The Bertz CT molecular complexity index is 2120. The van der Waals surface area contributed by atoms with Crippen LogP contribution in [0.3, 0.4) is 0 Å². The Balaban J connectivity index is 1.13. The summed E-state index contributed by atoms with van der Waals surface area (Å²) in [6.45, 7) is 0. The molecule has 2 atom stereocenters. The number of nitrogens with zero attached hydrogens (tertiary/aromatic N) is 3. The standard InChI is InChI=1S/C34H25FN6O/c35-24-8-6-21(7-9-24)26-10-11-37-33-27(26)15-30(39-33)32-28-17-34(16-22(34)14-29(28)40-41-32)23-13-25(19-36-18-23)38-31(42)12-20-4-2-1-3-5-20/h1-11,13-15,17-19,22,40H,12,16H2,(H,37,39)(H,38,42)/t22-,34?/m0/s1. The molecule has 2 aliphatic carbocycles. The number of nitrogens with one attached hydrogen (secondary N) is 3. The lowest BCUT2D eigenvalue weighted by Gasteiger charge is -2.15. The average Bonchev–Trinajstić information content (AvgIpc) is 3.33. The number of aromatic amines is 2. The minimum atomic E-state index is -0.267. The van der Waals surface area contributed by atoms with E-state index in [9.17, 15) is 9.18 Å². The summed E-state index contributed by atoms with van der Waals surface area (Å²) in [6, 6.07) is 22.2. The summed E-state index contributed by atoms with van der Waals surface area (Å²) in [6.07, 6.45) is 11.1. The predicted molar refractivity (Wildman–Crippen MR) is 160 cm³/mol. The van der Waals surface area contributed by atoms with Gasteiger partial charge in [-0.25, -0.2) is 9.37 Å². The van der Waals surface area contributed by atoms with E-state index < -0.39 is 0 Å². The van der Waals surface area contributed by atoms with Crippen molar-refractivity contribution in [3.63, 3.8) is 0 Å². The molecular weight excluding hydrogens is 527 g/mol. The molecule has 1 unspecified atom stereocenters. The third kappa shape index (κ3) is 4.11. The quantitative estimate of drug-likeness (QED) is 0.275. The van der Waals surface area contributed by atoms with Gasteiger partial charge in [0.05, 0.1) is 29.3 Å². The van der Waals surface area contributed by atoms with Crippen molar-refractivity contribution in [1.29, 1.82) is 0 Å². The maximum absolute atomic E-state index is 13.6. The average molecular weight is 553 g/mol. The van der Waals surface area contributed by atoms with E-state index in [4.69, 9.17) is 0 Å². The highest BCUT2D eigenvalue weighted by atomic mass is 19.1. The fourth-order valence-corrected chi connectivity index (χ4v) is 6.18. The maximum atomic E-state index is 13.6. The summed E-state index contributed by atoms with van der Waals surface area (Å²) in [4.78, 5) is 25.2. The van der Waals surface area contributed by atoms with Gasteiger partial charge in [0.25, 0.3) is 0 Å². The molecule has 0 radical (unpaired) electrons. The van der Waals surface area contributed by atoms with E-state index in [1.165, 1.54) is 12.1 Å². The van der Waals surface area contributed by atoms with Gasteiger partial charge in [0.1, 0.15) is 17.2 Å². The van der Waals surface area contributed by atoms with E-state index in [1.54, 1.807) is 24.5 Å². The Morgan fingerprint density at radius 2 is 1.90 bits per heavy atom. The van der Waals surface area contributed by atoms with Crippen LogP contribution in [-0.4, -0.2) is 31.1 Å². The Kier molecular flexibility index (Phi) is 5.43. The molecule has 42 heavy (non-hydrogen) atoms. The minimum Gasteiger partial charge on any atom is -0.338 e. The first-order valence-corrected chi connectivity index (χ1v) is 13.9. The number of halogens is 1. The number of amides is 1. The zero-order valence-corrected chi connectivity index (χ0v) is 22.4. The summed E-state index contributed by atoms with van der Waals surface area (Å²) in [5, 5.41) is 13.9. The highest BCUT2D eigenvalue weighted by Gasteiger charge is 2.54. The van der Waals surface area contributed by atoms with Crippen molar-refractivity contribution in [1.82, 2.24) is 25.1 Å². The summed E-state index contributed by atoms with van der Waals surface area (Å²) in [5.41, 5.74) is 6.81. The summed E-state index contributed by atoms with van der Waals surface area (Å²) >= 11 is 0. The number of pyridine rings is 2. The van der Waals surface area contributed by atoms with Crippen molar-refractivity contribution in [2.75, 3.05) is 5.32 Å². The number of carbonyl (C=O) groups is 1. The summed E-state index contributed by atoms with van der Waals surface area (Å²) in [7, 11) is 0. The fourth-order valence-electron chi connectivity index (χ4n) is 6.18. The van der Waals surface area contributed by atoms with Crippen LogP contribution >= 0.6 is 0 Å². The smallest absolute Gasteiger partial charge is 0.228 e. The van der Waals surface area contributed by atoms with Crippen molar-refractivity contribution < 1.29 is 9.18 Å². The molecule has 8 heteroatoms. The van der Waals surface area contributed by atoms with Gasteiger partial charge in [-0.3, -0.25) is 14.9 Å². The van der Waals surface area contributed by atoms with Crippen LogP contribution in [0.1, 0.15) is 17.5 Å². The summed E-state index contributed by atoms with van der Waals surface area (Å²) in [5.74, 6) is -0.0165. The normalized spacial score (nSPS) is 18.5. The molecule has 6 aromatic rings. The van der Waals surface area contributed by atoms with Crippen LogP contribution in [0.15, 0.2) is 91.4 Å². The zero-order chi connectivity index (χ0) is 28.3. The third-order valence-electron chi connectivity index (χ3n) is 8.37. The Morgan fingerprint density at radius 3 is 2.76 bits per heavy atom. The fraction of sp³-hybridized carbons (Fsp3) is 0.118. The highest BCUT2D eigenvalue weighted by molar-refractivity contribution is 5.96. The van der Waals surface area contributed by atoms with Crippen LogP contribution in [0.25, 0.3) is 45.7 Å². The molecule has 8 rings (SSSR count). The van der Waals surface area contributed by atoms with E-state index in [2.05, 4.69) is 48.7 Å². The molecule has 7 nitrogen and oxygen atoms in total. The molecule has 1 saturated carbocycles. The van der Waals surface area contributed by atoms with Crippen molar-refractivity contribution >= 4 is 34.8 Å². The second kappa shape index (κ2) is 9.34. The lowest BCUT2D eigenvalue weighted by molar-refractivity contribution is -0.115. The maximum Gasteiger partial charge on any atom is 0.228 e. The number of H-pyrrole nitrogens is 2. The molecule has 0 saturated heterocycles. The van der Waals surface area contributed by atoms with Crippen LogP contribution in [0, 0.1) is 11.7 Å². The molecule has 4 heterocycles. The van der Waals surface area contributed by atoms with Crippen LogP contribution in [0.2, 0.25) is 0 Å². The topological polar surface area (TPSA) is 99.3 Å². The molecule has 2 aliphatic rings. The van der Waals surface area contributed by atoms with Gasteiger partial charge in [-0.05, 0) is 64.9 Å². The van der Waals surface area contributed by atoms with Crippen LogP contribution < -0.4 is 15.9 Å². The molecule has 204 valence electrons. The van der Waals surface area contributed by atoms with E-state index in [0.29, 0.717) is 18.0 Å². The van der Waals surface area contributed by atoms with Gasteiger partial charge >= 0.3 is 0 Å². The molecule has 0 aliphatic heterocycles. The third-order valence-corrected chi connectivity index (χ3v) is 8.37. The van der Waals surface area contributed by atoms with E-state index in [1.807, 2.05) is 48.7 Å². The first-order valence-electron chi connectivity index (χ1n) is 13.9. The number of hydrogen-bond donors (Lipinski definition) is 3. The van der Waals surface area contributed by atoms with Crippen molar-refractivity contribution in [2.24, 2.45) is 5.92 Å². The van der Waals surface area contributed by atoms with E-state index in [-0.39, 0.29) is 17.1 Å². The van der Waals surface area contributed by atoms with Gasteiger partial charge in [-0.2, -0.15) is 5.10 Å². The number of fused-ring (bicyclic) bond motifs is 3. The van der Waals surface area contributed by atoms with Crippen LogP contribution in [-0.2, 0) is 16.6 Å². The molecule has 1 fully saturated rings. The van der Waals surface area contributed by atoms with Gasteiger partial charge < -0.3 is 10.3 Å². The molecular formula is C34H25FN6O. The van der Waals surface area contributed by atoms with Crippen molar-refractivity contribution in [3.05, 3.63) is 119 Å². The number of rotatable bonds is 6. The Morgan fingerprint density at radius 1 is 1.05 bits per heavy atom. The molecule has 1 amide bonds. The number of benzene rings is 2. The molecule has 2 aromatic carbocycles. The largest absolute Gasteiger partial charge is 0.338 e. The molecule has 0 bridgehead atoms. The van der Waals surface area contributed by atoms with E-state index in [0.717, 1.165) is 61.7 Å². The first-order chi connectivity index (χ1) is 20.6.